The molecule has 1 amide bonds. The second-order valence-electron chi connectivity index (χ2n) is 6.75. The average Bonchev–Trinajstić information content (AvgIpc) is 3.04. The summed E-state index contributed by atoms with van der Waals surface area (Å²) < 4.78 is 0. The Hall–Kier alpha value is -0.610. The van der Waals surface area contributed by atoms with Crippen LogP contribution in [0.1, 0.15) is 40.0 Å². The van der Waals surface area contributed by atoms with Crippen LogP contribution in [-0.4, -0.2) is 54.5 Å². The number of hydrogen-bond donors (Lipinski definition) is 1. The Balaban J connectivity index is 1.80. The quantitative estimate of drug-likeness (QED) is 0.817. The monoisotopic (exact) mass is 267 g/mol. The van der Waals surface area contributed by atoms with Crippen molar-refractivity contribution in [1.29, 1.82) is 0 Å². The standard InChI is InChI=1S/C15H29N3O/c1-4-12(5-6-16)17-7-9-18(10-8-17)14(19)13-11-15(13,2)3/h12-13H,4-11,16H2,1-3H3. The second kappa shape index (κ2) is 5.80. The van der Waals surface area contributed by atoms with Gasteiger partial charge < -0.3 is 10.6 Å². The summed E-state index contributed by atoms with van der Waals surface area (Å²) in [6, 6.07) is 0.597. The topological polar surface area (TPSA) is 49.6 Å². The molecule has 2 aliphatic rings. The van der Waals surface area contributed by atoms with Crippen molar-refractivity contribution in [3.05, 3.63) is 0 Å². The van der Waals surface area contributed by atoms with Gasteiger partial charge in [-0.3, -0.25) is 9.69 Å². The Kier molecular flexibility index (Phi) is 4.51. The zero-order valence-electron chi connectivity index (χ0n) is 12.7. The van der Waals surface area contributed by atoms with E-state index in [2.05, 4.69) is 30.6 Å². The van der Waals surface area contributed by atoms with Gasteiger partial charge in [-0.1, -0.05) is 20.8 Å². The zero-order chi connectivity index (χ0) is 14.0. The van der Waals surface area contributed by atoms with E-state index in [9.17, 15) is 4.79 Å². The second-order valence-corrected chi connectivity index (χ2v) is 6.75. The van der Waals surface area contributed by atoms with Crippen LogP contribution in [0.3, 0.4) is 0 Å². The predicted molar refractivity (Wildman–Crippen MR) is 77.8 cm³/mol. The molecule has 1 saturated carbocycles. The van der Waals surface area contributed by atoms with Crippen LogP contribution >= 0.6 is 0 Å². The zero-order valence-corrected chi connectivity index (χ0v) is 12.7. The maximum absolute atomic E-state index is 12.3. The Morgan fingerprint density at radius 1 is 1.32 bits per heavy atom. The summed E-state index contributed by atoms with van der Waals surface area (Å²) in [6.45, 7) is 11.2. The Morgan fingerprint density at radius 2 is 1.89 bits per heavy atom. The highest BCUT2D eigenvalue weighted by atomic mass is 16.2. The number of nitrogens with zero attached hydrogens (tertiary/aromatic N) is 2. The van der Waals surface area contributed by atoms with Crippen LogP contribution in [-0.2, 0) is 4.79 Å². The molecule has 1 aliphatic heterocycles. The van der Waals surface area contributed by atoms with Gasteiger partial charge in [-0.05, 0) is 31.2 Å². The fourth-order valence-corrected chi connectivity index (χ4v) is 3.25. The minimum Gasteiger partial charge on any atom is -0.340 e. The van der Waals surface area contributed by atoms with Crippen LogP contribution < -0.4 is 5.73 Å². The van der Waals surface area contributed by atoms with Gasteiger partial charge in [0.1, 0.15) is 0 Å². The molecule has 19 heavy (non-hydrogen) atoms. The fraction of sp³-hybridized carbons (Fsp3) is 0.933. The van der Waals surface area contributed by atoms with Gasteiger partial charge in [-0.2, -0.15) is 0 Å². The predicted octanol–water partition coefficient (Wildman–Crippen LogP) is 1.30. The molecule has 110 valence electrons. The molecule has 4 heteroatoms. The number of amides is 1. The van der Waals surface area contributed by atoms with Gasteiger partial charge >= 0.3 is 0 Å². The smallest absolute Gasteiger partial charge is 0.226 e. The van der Waals surface area contributed by atoms with Crippen LogP contribution in [0.5, 0.6) is 0 Å². The molecular weight excluding hydrogens is 238 g/mol. The van der Waals surface area contributed by atoms with E-state index in [4.69, 9.17) is 5.73 Å². The number of rotatable bonds is 5. The highest BCUT2D eigenvalue weighted by Crippen LogP contribution is 2.52. The van der Waals surface area contributed by atoms with Gasteiger partial charge in [-0.15, -0.1) is 0 Å². The minimum atomic E-state index is 0.250. The molecule has 0 bridgehead atoms. The molecule has 2 rings (SSSR count). The van der Waals surface area contributed by atoms with Gasteiger partial charge in [0.25, 0.3) is 0 Å². The van der Waals surface area contributed by atoms with E-state index in [-0.39, 0.29) is 11.3 Å². The van der Waals surface area contributed by atoms with E-state index < -0.39 is 0 Å². The molecule has 1 saturated heterocycles. The molecule has 1 heterocycles. The first-order valence-electron chi connectivity index (χ1n) is 7.72. The summed E-state index contributed by atoms with van der Waals surface area (Å²) in [5.74, 6) is 0.668. The fourth-order valence-electron chi connectivity index (χ4n) is 3.25. The summed E-state index contributed by atoms with van der Waals surface area (Å²) >= 11 is 0. The normalized spacial score (nSPS) is 28.2. The van der Waals surface area contributed by atoms with Gasteiger partial charge in [0.15, 0.2) is 0 Å². The van der Waals surface area contributed by atoms with E-state index in [1.807, 2.05) is 0 Å². The maximum Gasteiger partial charge on any atom is 0.226 e. The van der Waals surface area contributed by atoms with Crippen LogP contribution in [0, 0.1) is 11.3 Å². The number of hydrogen-bond acceptors (Lipinski definition) is 3. The van der Waals surface area contributed by atoms with Crippen molar-refractivity contribution < 1.29 is 4.79 Å². The highest BCUT2D eigenvalue weighted by Gasteiger charge is 2.52. The first-order chi connectivity index (χ1) is 8.99. The van der Waals surface area contributed by atoms with Crippen molar-refractivity contribution in [3.8, 4) is 0 Å². The molecule has 0 aromatic rings. The van der Waals surface area contributed by atoms with Crippen molar-refractivity contribution in [3.63, 3.8) is 0 Å². The Labute approximate surface area is 117 Å². The molecule has 0 aromatic carbocycles. The lowest BCUT2D eigenvalue weighted by Crippen LogP contribution is -2.52. The van der Waals surface area contributed by atoms with E-state index in [1.54, 1.807) is 0 Å². The molecule has 4 nitrogen and oxygen atoms in total. The van der Waals surface area contributed by atoms with Gasteiger partial charge in [0.05, 0.1) is 0 Å². The molecule has 0 radical (unpaired) electrons. The third-order valence-corrected chi connectivity index (χ3v) is 4.92. The summed E-state index contributed by atoms with van der Waals surface area (Å²) in [5, 5.41) is 0. The molecule has 1 aliphatic carbocycles. The number of nitrogens with two attached hydrogens (primary N) is 1. The largest absolute Gasteiger partial charge is 0.340 e. The van der Waals surface area contributed by atoms with Crippen LogP contribution in [0.15, 0.2) is 0 Å². The number of carbonyl (C=O) groups excluding carboxylic acids is 1. The molecule has 2 N–H and O–H groups in total. The summed E-state index contributed by atoms with van der Waals surface area (Å²) in [4.78, 5) is 16.9. The Bertz CT molecular complexity index is 321. The lowest BCUT2D eigenvalue weighted by Gasteiger charge is -2.39. The van der Waals surface area contributed by atoms with Crippen molar-refractivity contribution in [2.45, 2.75) is 46.1 Å². The van der Waals surface area contributed by atoms with Crippen LogP contribution in [0.4, 0.5) is 0 Å². The highest BCUT2D eigenvalue weighted by molar-refractivity contribution is 5.82. The number of carbonyl (C=O) groups is 1. The van der Waals surface area contributed by atoms with Gasteiger partial charge in [0, 0.05) is 38.1 Å². The molecular formula is C15H29N3O. The van der Waals surface area contributed by atoms with E-state index in [0.717, 1.165) is 52.0 Å². The molecule has 0 spiro atoms. The summed E-state index contributed by atoms with van der Waals surface area (Å²) in [5.41, 5.74) is 5.92. The van der Waals surface area contributed by atoms with Gasteiger partial charge in [0.2, 0.25) is 5.91 Å². The third kappa shape index (κ3) is 3.29. The molecule has 0 aromatic heterocycles. The lowest BCUT2D eigenvalue weighted by atomic mass is 10.1. The van der Waals surface area contributed by atoms with Crippen molar-refractivity contribution in [1.82, 2.24) is 9.80 Å². The first-order valence-corrected chi connectivity index (χ1v) is 7.72. The lowest BCUT2D eigenvalue weighted by molar-refractivity contribution is -0.135. The summed E-state index contributed by atoms with van der Waals surface area (Å²) in [7, 11) is 0. The van der Waals surface area contributed by atoms with E-state index in [0.29, 0.717) is 11.9 Å². The molecule has 2 fully saturated rings. The molecule has 2 atom stereocenters. The van der Waals surface area contributed by atoms with Crippen LogP contribution in [0.25, 0.3) is 0 Å². The third-order valence-electron chi connectivity index (χ3n) is 4.92. The van der Waals surface area contributed by atoms with E-state index >= 15 is 0 Å². The average molecular weight is 267 g/mol. The van der Waals surface area contributed by atoms with Crippen molar-refractivity contribution in [2.75, 3.05) is 32.7 Å². The van der Waals surface area contributed by atoms with Crippen molar-refractivity contribution in [2.24, 2.45) is 17.1 Å². The van der Waals surface area contributed by atoms with Crippen LogP contribution in [0.2, 0.25) is 0 Å². The first kappa shape index (κ1) is 14.8. The minimum absolute atomic E-state index is 0.250. The maximum atomic E-state index is 12.3. The van der Waals surface area contributed by atoms with E-state index in [1.165, 1.54) is 0 Å². The Morgan fingerprint density at radius 3 is 2.32 bits per heavy atom. The summed E-state index contributed by atoms with van der Waals surface area (Å²) in [6.07, 6.45) is 3.29. The molecule has 2 unspecified atom stereocenters. The van der Waals surface area contributed by atoms with Crippen molar-refractivity contribution >= 4 is 5.91 Å². The number of piperazine rings is 1. The SMILES string of the molecule is CCC(CCN)N1CCN(C(=O)C2CC2(C)C)CC1. The van der Waals surface area contributed by atoms with Gasteiger partial charge in [-0.25, -0.2) is 0 Å².